The maximum Gasteiger partial charge on any atom is 0.234 e. The Morgan fingerprint density at radius 2 is 2.12 bits per heavy atom. The molecule has 2 atom stereocenters. The van der Waals surface area contributed by atoms with Crippen molar-refractivity contribution in [2.45, 2.75) is 18.6 Å². The lowest BCUT2D eigenvalue weighted by Crippen LogP contribution is -2.19. The summed E-state index contributed by atoms with van der Waals surface area (Å²) in [6.45, 7) is -0.314. The molecule has 3 aromatic rings. The SMILES string of the molecule is CN(c1ccccc1)c1ncnc2c(C3CC(=O)C(CO)O3)cnn12. The van der Waals surface area contributed by atoms with Crippen LogP contribution in [-0.2, 0) is 9.53 Å². The number of rotatable bonds is 4. The van der Waals surface area contributed by atoms with Gasteiger partial charge in [-0.2, -0.15) is 9.61 Å². The van der Waals surface area contributed by atoms with Gasteiger partial charge in [-0.25, -0.2) is 9.97 Å². The van der Waals surface area contributed by atoms with E-state index in [0.29, 0.717) is 11.6 Å². The Bertz CT molecular complexity index is 911. The first-order chi connectivity index (χ1) is 12.2. The maximum absolute atomic E-state index is 11.9. The number of anilines is 2. The van der Waals surface area contributed by atoms with Gasteiger partial charge in [-0.1, -0.05) is 18.2 Å². The van der Waals surface area contributed by atoms with Crippen LogP contribution in [0.25, 0.3) is 5.65 Å². The van der Waals surface area contributed by atoms with E-state index in [4.69, 9.17) is 4.74 Å². The van der Waals surface area contributed by atoms with E-state index in [1.165, 1.54) is 6.33 Å². The van der Waals surface area contributed by atoms with Gasteiger partial charge in [0, 0.05) is 24.7 Å². The highest BCUT2D eigenvalue weighted by molar-refractivity contribution is 5.86. The number of benzene rings is 1. The predicted molar refractivity (Wildman–Crippen MR) is 89.6 cm³/mol. The first kappa shape index (κ1) is 15.7. The zero-order valence-electron chi connectivity index (χ0n) is 13.6. The number of aliphatic hydroxyl groups is 1. The van der Waals surface area contributed by atoms with Gasteiger partial charge in [0.25, 0.3) is 0 Å². The molecule has 2 aromatic heterocycles. The van der Waals surface area contributed by atoms with Crippen molar-refractivity contribution in [3.8, 4) is 0 Å². The van der Waals surface area contributed by atoms with E-state index in [2.05, 4.69) is 15.1 Å². The van der Waals surface area contributed by atoms with Gasteiger partial charge in [0.1, 0.15) is 12.4 Å². The monoisotopic (exact) mass is 339 g/mol. The Kier molecular flexibility index (Phi) is 3.90. The third-order valence-electron chi connectivity index (χ3n) is 4.34. The van der Waals surface area contributed by atoms with Gasteiger partial charge >= 0.3 is 0 Å². The van der Waals surface area contributed by atoms with E-state index < -0.39 is 12.2 Å². The first-order valence-corrected chi connectivity index (χ1v) is 7.95. The fourth-order valence-corrected chi connectivity index (χ4v) is 3.01. The molecule has 0 spiro atoms. The Hall–Kier alpha value is -2.84. The van der Waals surface area contributed by atoms with Crippen LogP contribution < -0.4 is 4.90 Å². The Labute approximate surface area is 143 Å². The number of carbonyl (C=O) groups excluding carboxylic acids is 1. The predicted octanol–water partition coefficient (Wildman–Crippen LogP) is 1.28. The molecule has 1 aliphatic rings. The molecular formula is C17H17N5O3. The molecule has 8 heteroatoms. The molecule has 1 N–H and O–H groups in total. The standard InChI is InChI=1S/C17H17N5O3/c1-21(11-5-3-2-4-6-11)17-19-10-18-16-12(8-20-22(16)17)14-7-13(24)15(9-23)25-14/h2-6,8,10,14-15,23H,7,9H2,1H3. The molecule has 0 saturated carbocycles. The molecule has 4 rings (SSSR count). The maximum atomic E-state index is 11.9. The third kappa shape index (κ3) is 2.65. The molecule has 0 amide bonds. The number of ether oxygens (including phenoxy) is 1. The number of Topliss-reactive ketones (excluding diaryl/α,β-unsaturated/α-hetero) is 1. The molecule has 8 nitrogen and oxygen atoms in total. The lowest BCUT2D eigenvalue weighted by atomic mass is 10.1. The lowest BCUT2D eigenvalue weighted by molar-refractivity contribution is -0.124. The van der Waals surface area contributed by atoms with Crippen molar-refractivity contribution in [2.75, 3.05) is 18.6 Å². The highest BCUT2D eigenvalue weighted by atomic mass is 16.5. The number of ketones is 1. The Balaban J connectivity index is 1.73. The van der Waals surface area contributed by atoms with Crippen molar-refractivity contribution in [2.24, 2.45) is 0 Å². The van der Waals surface area contributed by atoms with Crippen molar-refractivity contribution in [3.05, 3.63) is 48.4 Å². The quantitative estimate of drug-likeness (QED) is 0.765. The van der Waals surface area contributed by atoms with Crippen LogP contribution in [0, 0.1) is 0 Å². The molecule has 0 aliphatic carbocycles. The van der Waals surface area contributed by atoms with Gasteiger partial charge in [0.2, 0.25) is 5.95 Å². The summed E-state index contributed by atoms with van der Waals surface area (Å²) in [6, 6.07) is 9.80. The average molecular weight is 339 g/mol. The fourth-order valence-electron chi connectivity index (χ4n) is 3.01. The van der Waals surface area contributed by atoms with E-state index in [9.17, 15) is 9.90 Å². The summed E-state index contributed by atoms with van der Waals surface area (Å²) in [5, 5.41) is 13.6. The van der Waals surface area contributed by atoms with E-state index >= 15 is 0 Å². The Morgan fingerprint density at radius 3 is 2.84 bits per heavy atom. The van der Waals surface area contributed by atoms with Crippen LogP contribution in [0.4, 0.5) is 11.6 Å². The van der Waals surface area contributed by atoms with Gasteiger partial charge in [0.15, 0.2) is 11.4 Å². The van der Waals surface area contributed by atoms with Crippen LogP contribution in [0.2, 0.25) is 0 Å². The molecule has 1 aliphatic heterocycles. The molecule has 3 heterocycles. The molecule has 128 valence electrons. The summed E-state index contributed by atoms with van der Waals surface area (Å²) in [5.74, 6) is 0.494. The van der Waals surface area contributed by atoms with E-state index in [1.807, 2.05) is 42.3 Å². The largest absolute Gasteiger partial charge is 0.393 e. The fraction of sp³-hybridized carbons (Fsp3) is 0.294. The molecule has 1 fully saturated rings. The lowest BCUT2D eigenvalue weighted by Gasteiger charge is -2.18. The van der Waals surface area contributed by atoms with Crippen molar-refractivity contribution >= 4 is 23.1 Å². The molecular weight excluding hydrogens is 322 g/mol. The third-order valence-corrected chi connectivity index (χ3v) is 4.34. The zero-order chi connectivity index (χ0) is 17.4. The zero-order valence-corrected chi connectivity index (χ0v) is 13.6. The molecule has 1 saturated heterocycles. The molecule has 2 unspecified atom stereocenters. The number of carbonyl (C=O) groups is 1. The van der Waals surface area contributed by atoms with Crippen molar-refractivity contribution in [1.82, 2.24) is 19.6 Å². The minimum Gasteiger partial charge on any atom is -0.393 e. The topological polar surface area (TPSA) is 92.9 Å². The summed E-state index contributed by atoms with van der Waals surface area (Å²) in [5.41, 5.74) is 2.27. The second kappa shape index (κ2) is 6.23. The number of nitrogens with zero attached hydrogens (tertiary/aromatic N) is 5. The second-order valence-electron chi connectivity index (χ2n) is 5.87. The van der Waals surface area contributed by atoms with Crippen molar-refractivity contribution < 1.29 is 14.6 Å². The highest BCUT2D eigenvalue weighted by Crippen LogP contribution is 2.33. The molecule has 25 heavy (non-hydrogen) atoms. The summed E-state index contributed by atoms with van der Waals surface area (Å²) in [6.07, 6.45) is 2.10. The summed E-state index contributed by atoms with van der Waals surface area (Å²) in [4.78, 5) is 22.4. The van der Waals surface area contributed by atoms with Crippen LogP contribution in [0.5, 0.6) is 0 Å². The van der Waals surface area contributed by atoms with Crippen LogP contribution >= 0.6 is 0 Å². The summed E-state index contributed by atoms with van der Waals surface area (Å²) >= 11 is 0. The Morgan fingerprint density at radius 1 is 1.32 bits per heavy atom. The van der Waals surface area contributed by atoms with Gasteiger partial charge < -0.3 is 14.7 Å². The number of aliphatic hydroxyl groups excluding tert-OH is 1. The highest BCUT2D eigenvalue weighted by Gasteiger charge is 2.35. The number of hydrogen-bond acceptors (Lipinski definition) is 7. The van der Waals surface area contributed by atoms with Crippen LogP contribution in [0.3, 0.4) is 0 Å². The van der Waals surface area contributed by atoms with Gasteiger partial charge in [0.05, 0.1) is 18.9 Å². The van der Waals surface area contributed by atoms with Crippen LogP contribution in [0.1, 0.15) is 18.1 Å². The first-order valence-electron chi connectivity index (χ1n) is 7.95. The molecule has 0 bridgehead atoms. The smallest absolute Gasteiger partial charge is 0.234 e. The average Bonchev–Trinajstić information content (AvgIpc) is 3.24. The molecule has 1 aromatic carbocycles. The van der Waals surface area contributed by atoms with Crippen molar-refractivity contribution in [1.29, 1.82) is 0 Å². The minimum absolute atomic E-state index is 0.109. The normalized spacial score (nSPS) is 20.3. The van der Waals surface area contributed by atoms with E-state index in [-0.39, 0.29) is 18.8 Å². The number of aromatic nitrogens is 4. The van der Waals surface area contributed by atoms with Gasteiger partial charge in [-0.15, -0.1) is 0 Å². The van der Waals surface area contributed by atoms with Crippen LogP contribution in [-0.4, -0.2) is 50.2 Å². The van der Waals surface area contributed by atoms with Crippen LogP contribution in [0.15, 0.2) is 42.9 Å². The van der Waals surface area contributed by atoms with E-state index in [1.54, 1.807) is 10.7 Å². The van der Waals surface area contributed by atoms with E-state index in [0.717, 1.165) is 11.3 Å². The summed E-state index contributed by atoms with van der Waals surface area (Å²) in [7, 11) is 1.90. The number of para-hydroxylation sites is 1. The molecule has 0 radical (unpaired) electrons. The number of hydrogen-bond donors (Lipinski definition) is 1. The van der Waals surface area contributed by atoms with Gasteiger partial charge in [-0.05, 0) is 12.1 Å². The summed E-state index contributed by atoms with van der Waals surface area (Å²) < 4.78 is 7.26. The van der Waals surface area contributed by atoms with Crippen molar-refractivity contribution in [3.63, 3.8) is 0 Å². The number of fused-ring (bicyclic) bond motifs is 1. The van der Waals surface area contributed by atoms with Gasteiger partial charge in [-0.3, -0.25) is 4.79 Å². The minimum atomic E-state index is -0.770. The second-order valence-corrected chi connectivity index (χ2v) is 5.87.